The van der Waals surface area contributed by atoms with Crippen molar-refractivity contribution >= 4 is 34.5 Å². The summed E-state index contributed by atoms with van der Waals surface area (Å²) in [5.74, 6) is 0.824. The van der Waals surface area contributed by atoms with Crippen LogP contribution in [0.4, 0.5) is 11.4 Å². The highest BCUT2D eigenvalue weighted by Crippen LogP contribution is 2.31. The summed E-state index contributed by atoms with van der Waals surface area (Å²) in [5, 5.41) is 7.37. The maximum absolute atomic E-state index is 12.8. The van der Waals surface area contributed by atoms with E-state index in [0.717, 1.165) is 5.69 Å². The number of carbonyl (C=O) groups is 2. The number of nitrogens with one attached hydrogen (secondary N) is 2. The largest absolute Gasteiger partial charge is 0.495 e. The molecule has 8 nitrogen and oxygen atoms in total. The fraction of sp³-hybridized carbons (Fsp3) is 0.190. The number of ether oxygens (including phenoxy) is 3. The Morgan fingerprint density at radius 1 is 1.00 bits per heavy atom. The van der Waals surface area contributed by atoms with Crippen LogP contribution in [0.5, 0.6) is 17.2 Å². The molecule has 0 saturated heterocycles. The van der Waals surface area contributed by atoms with E-state index in [1.807, 2.05) is 5.38 Å². The lowest BCUT2D eigenvalue weighted by Crippen LogP contribution is -2.14. The van der Waals surface area contributed by atoms with Crippen LogP contribution in [0.15, 0.2) is 47.3 Å². The molecule has 30 heavy (non-hydrogen) atoms. The van der Waals surface area contributed by atoms with Gasteiger partial charge in [0.15, 0.2) is 11.5 Å². The number of carbonyl (C=O) groups excluding carboxylic acids is 2. The quantitative estimate of drug-likeness (QED) is 0.565. The highest BCUT2D eigenvalue weighted by atomic mass is 32.1. The number of methoxy groups -OCH3 is 2. The molecule has 1 heterocycles. The van der Waals surface area contributed by atoms with Crippen molar-refractivity contribution in [2.45, 2.75) is 13.5 Å². The second-order valence-corrected chi connectivity index (χ2v) is 6.90. The molecule has 0 spiro atoms. The zero-order chi connectivity index (χ0) is 21.5. The molecule has 0 radical (unpaired) electrons. The van der Waals surface area contributed by atoms with Gasteiger partial charge in [-0.25, -0.2) is 4.98 Å². The summed E-state index contributed by atoms with van der Waals surface area (Å²) in [6, 6.07) is 9.88. The number of anilines is 2. The van der Waals surface area contributed by atoms with Crippen LogP contribution in [0.3, 0.4) is 0 Å². The Morgan fingerprint density at radius 3 is 2.43 bits per heavy atom. The zero-order valence-corrected chi connectivity index (χ0v) is 17.5. The molecule has 1 aromatic heterocycles. The lowest BCUT2D eigenvalue weighted by Gasteiger charge is -2.14. The highest BCUT2D eigenvalue weighted by molar-refractivity contribution is 7.07. The normalized spacial score (nSPS) is 10.2. The number of aromatic nitrogens is 1. The molecule has 0 aliphatic heterocycles. The Kier molecular flexibility index (Phi) is 6.87. The van der Waals surface area contributed by atoms with Gasteiger partial charge in [0.05, 0.1) is 31.1 Å². The van der Waals surface area contributed by atoms with Gasteiger partial charge in [-0.15, -0.1) is 11.3 Å². The van der Waals surface area contributed by atoms with Gasteiger partial charge < -0.3 is 24.8 Å². The Bertz CT molecular complexity index is 1040. The van der Waals surface area contributed by atoms with E-state index in [2.05, 4.69) is 15.6 Å². The van der Waals surface area contributed by atoms with Crippen LogP contribution < -0.4 is 24.8 Å². The van der Waals surface area contributed by atoms with Gasteiger partial charge in [0.25, 0.3) is 5.91 Å². The van der Waals surface area contributed by atoms with E-state index in [0.29, 0.717) is 40.8 Å². The molecule has 9 heteroatoms. The van der Waals surface area contributed by atoms with Crippen LogP contribution >= 0.6 is 11.3 Å². The van der Waals surface area contributed by atoms with Gasteiger partial charge in [-0.2, -0.15) is 0 Å². The summed E-state index contributed by atoms with van der Waals surface area (Å²) in [6.07, 6.45) is 0. The molecule has 156 valence electrons. The third-order valence-corrected chi connectivity index (χ3v) is 4.69. The maximum Gasteiger partial charge on any atom is 0.255 e. The van der Waals surface area contributed by atoms with Crippen molar-refractivity contribution in [2.75, 3.05) is 24.9 Å². The molecule has 0 unspecified atom stereocenters. The van der Waals surface area contributed by atoms with E-state index in [1.54, 1.807) is 41.9 Å². The Labute approximate surface area is 177 Å². The van der Waals surface area contributed by atoms with Gasteiger partial charge in [0.2, 0.25) is 5.91 Å². The van der Waals surface area contributed by atoms with E-state index in [4.69, 9.17) is 14.2 Å². The maximum atomic E-state index is 12.8. The van der Waals surface area contributed by atoms with Crippen molar-refractivity contribution in [2.24, 2.45) is 0 Å². The first kappa shape index (κ1) is 21.1. The number of hydrogen-bond acceptors (Lipinski definition) is 7. The van der Waals surface area contributed by atoms with Crippen LogP contribution in [0, 0.1) is 0 Å². The van der Waals surface area contributed by atoms with Crippen molar-refractivity contribution < 1.29 is 23.8 Å². The van der Waals surface area contributed by atoms with Gasteiger partial charge in [-0.1, -0.05) is 0 Å². The number of hydrogen-bond donors (Lipinski definition) is 2. The SMILES string of the molecule is COc1ccc(NC(C)=O)cc1NC(=O)c1ccc(OCc2cscn2)c(OC)c1. The van der Waals surface area contributed by atoms with Gasteiger partial charge in [0.1, 0.15) is 12.4 Å². The van der Waals surface area contributed by atoms with E-state index >= 15 is 0 Å². The summed E-state index contributed by atoms with van der Waals surface area (Å²) < 4.78 is 16.4. The second-order valence-electron chi connectivity index (χ2n) is 6.18. The first-order chi connectivity index (χ1) is 14.5. The average molecular weight is 427 g/mol. The summed E-state index contributed by atoms with van der Waals surface area (Å²) in [7, 11) is 3.01. The van der Waals surface area contributed by atoms with Crippen molar-refractivity contribution in [1.29, 1.82) is 0 Å². The van der Waals surface area contributed by atoms with Crippen molar-refractivity contribution in [1.82, 2.24) is 4.98 Å². The fourth-order valence-corrected chi connectivity index (χ4v) is 3.21. The lowest BCUT2D eigenvalue weighted by atomic mass is 10.1. The molecule has 2 amide bonds. The van der Waals surface area contributed by atoms with E-state index in [1.165, 1.54) is 32.5 Å². The summed E-state index contributed by atoms with van der Waals surface area (Å²) >= 11 is 1.49. The van der Waals surface area contributed by atoms with Gasteiger partial charge in [-0.05, 0) is 36.4 Å². The highest BCUT2D eigenvalue weighted by Gasteiger charge is 2.14. The Hall–Kier alpha value is -3.59. The van der Waals surface area contributed by atoms with Crippen LogP contribution in [0.2, 0.25) is 0 Å². The number of benzene rings is 2. The van der Waals surface area contributed by atoms with Gasteiger partial charge in [0, 0.05) is 23.6 Å². The molecule has 3 aromatic rings. The second kappa shape index (κ2) is 9.75. The number of thiazole rings is 1. The molecule has 0 saturated carbocycles. The molecular formula is C21H21N3O5S. The number of rotatable bonds is 8. The summed E-state index contributed by atoms with van der Waals surface area (Å²) in [5.41, 5.74) is 3.90. The van der Waals surface area contributed by atoms with Crippen molar-refractivity contribution in [3.8, 4) is 17.2 Å². The minimum atomic E-state index is -0.363. The Morgan fingerprint density at radius 2 is 1.77 bits per heavy atom. The van der Waals surface area contributed by atoms with E-state index in [9.17, 15) is 9.59 Å². The molecule has 2 aromatic carbocycles. The van der Waals surface area contributed by atoms with Crippen LogP contribution in [0.1, 0.15) is 23.0 Å². The fourth-order valence-electron chi connectivity index (χ4n) is 2.67. The number of nitrogens with zero attached hydrogens (tertiary/aromatic N) is 1. The minimum absolute atomic E-state index is 0.213. The molecule has 0 aliphatic carbocycles. The first-order valence-corrected chi connectivity index (χ1v) is 9.89. The molecule has 0 fully saturated rings. The summed E-state index contributed by atoms with van der Waals surface area (Å²) in [4.78, 5) is 28.2. The predicted octanol–water partition coefficient (Wildman–Crippen LogP) is 3.95. The summed E-state index contributed by atoms with van der Waals surface area (Å²) in [6.45, 7) is 1.71. The van der Waals surface area contributed by atoms with E-state index in [-0.39, 0.29) is 11.8 Å². The van der Waals surface area contributed by atoms with Gasteiger partial charge in [-0.3, -0.25) is 9.59 Å². The zero-order valence-electron chi connectivity index (χ0n) is 16.7. The topological polar surface area (TPSA) is 98.8 Å². The predicted molar refractivity (Wildman–Crippen MR) is 115 cm³/mol. The third-order valence-electron chi connectivity index (χ3n) is 4.05. The molecule has 2 N–H and O–H groups in total. The van der Waals surface area contributed by atoms with Crippen molar-refractivity contribution in [3.05, 3.63) is 58.5 Å². The average Bonchev–Trinajstić information content (AvgIpc) is 3.25. The lowest BCUT2D eigenvalue weighted by molar-refractivity contribution is -0.114. The van der Waals surface area contributed by atoms with Crippen LogP contribution in [0.25, 0.3) is 0 Å². The first-order valence-electron chi connectivity index (χ1n) is 8.95. The standard InChI is InChI=1S/C21H21N3O5S/c1-13(25)23-15-5-7-18(27-2)17(9-15)24-21(26)14-4-6-19(20(8-14)28-3)29-10-16-11-30-12-22-16/h4-9,11-12H,10H2,1-3H3,(H,23,25)(H,24,26). The Balaban J connectivity index is 1.77. The van der Waals surface area contributed by atoms with E-state index < -0.39 is 0 Å². The molecular weight excluding hydrogens is 406 g/mol. The monoisotopic (exact) mass is 427 g/mol. The number of amides is 2. The molecule has 0 bridgehead atoms. The third kappa shape index (κ3) is 5.26. The minimum Gasteiger partial charge on any atom is -0.495 e. The smallest absolute Gasteiger partial charge is 0.255 e. The molecule has 3 rings (SSSR count). The van der Waals surface area contributed by atoms with Crippen LogP contribution in [-0.2, 0) is 11.4 Å². The van der Waals surface area contributed by atoms with Crippen LogP contribution in [-0.4, -0.2) is 31.0 Å². The molecule has 0 aliphatic rings. The van der Waals surface area contributed by atoms with Gasteiger partial charge >= 0.3 is 0 Å². The van der Waals surface area contributed by atoms with Crippen molar-refractivity contribution in [3.63, 3.8) is 0 Å². The molecule has 0 atom stereocenters.